The number of hydrogen-bond acceptors (Lipinski definition) is 5. The third kappa shape index (κ3) is 2.91. The molecule has 3 amide bonds. The number of benzene rings is 1. The van der Waals surface area contributed by atoms with Gasteiger partial charge in [-0.15, -0.1) is 23.5 Å². The molecule has 1 aromatic carbocycles. The molecule has 0 aromatic heterocycles. The predicted molar refractivity (Wildman–Crippen MR) is 107 cm³/mol. The highest BCUT2D eigenvalue weighted by Crippen LogP contribution is 2.52. The maximum Gasteiger partial charge on any atom is 0.244 e. The van der Waals surface area contributed by atoms with Gasteiger partial charge in [-0.2, -0.15) is 0 Å². The van der Waals surface area contributed by atoms with Gasteiger partial charge >= 0.3 is 0 Å². The van der Waals surface area contributed by atoms with Crippen LogP contribution in [0.1, 0.15) is 16.6 Å². The lowest BCUT2D eigenvalue weighted by Crippen LogP contribution is -2.39. The normalized spacial score (nSPS) is 31.8. The molecule has 4 atom stereocenters. The first-order valence-electron chi connectivity index (χ1n) is 9.28. The molecule has 4 aliphatic rings. The number of rotatable bonds is 4. The highest BCUT2D eigenvalue weighted by atomic mass is 32.2. The van der Waals surface area contributed by atoms with Crippen LogP contribution < -0.4 is 5.32 Å². The van der Waals surface area contributed by atoms with Crippen molar-refractivity contribution in [2.24, 2.45) is 23.7 Å². The summed E-state index contributed by atoms with van der Waals surface area (Å²) in [5, 5.41) is 2.86. The van der Waals surface area contributed by atoms with E-state index < -0.39 is 0 Å². The number of carbonyl (C=O) groups is 3. The van der Waals surface area contributed by atoms with Gasteiger partial charge in [0, 0.05) is 17.2 Å². The smallest absolute Gasteiger partial charge is 0.244 e. The van der Waals surface area contributed by atoms with Gasteiger partial charge in [-0.1, -0.05) is 24.3 Å². The molecule has 140 valence electrons. The number of hydrogen-bond donors (Lipinski definition) is 1. The van der Waals surface area contributed by atoms with E-state index in [1.807, 2.05) is 41.7 Å². The average molecular weight is 401 g/mol. The summed E-state index contributed by atoms with van der Waals surface area (Å²) in [5.74, 6) is 1.45. The fraction of sp³-hybridized carbons (Fsp3) is 0.450. The fourth-order valence-electron chi connectivity index (χ4n) is 4.78. The van der Waals surface area contributed by atoms with Crippen molar-refractivity contribution in [1.82, 2.24) is 4.90 Å². The van der Waals surface area contributed by atoms with E-state index in [4.69, 9.17) is 0 Å². The van der Waals surface area contributed by atoms with E-state index in [2.05, 4.69) is 23.5 Å². The molecule has 0 spiro atoms. The molecule has 0 radical (unpaired) electrons. The van der Waals surface area contributed by atoms with Crippen molar-refractivity contribution in [3.63, 3.8) is 0 Å². The van der Waals surface area contributed by atoms with Gasteiger partial charge in [0.2, 0.25) is 17.7 Å². The first kappa shape index (κ1) is 17.4. The maximum absolute atomic E-state index is 12.7. The van der Waals surface area contributed by atoms with E-state index in [0.717, 1.165) is 17.9 Å². The Balaban J connectivity index is 1.26. The Bertz CT molecular complexity index is 819. The van der Waals surface area contributed by atoms with Crippen LogP contribution in [-0.4, -0.2) is 40.7 Å². The summed E-state index contributed by atoms with van der Waals surface area (Å²) in [7, 11) is 0. The van der Waals surface area contributed by atoms with Gasteiger partial charge in [-0.25, -0.2) is 0 Å². The van der Waals surface area contributed by atoms with Crippen molar-refractivity contribution in [3.8, 4) is 0 Å². The van der Waals surface area contributed by atoms with Crippen LogP contribution in [0.4, 0.5) is 5.69 Å². The molecule has 1 saturated carbocycles. The molecule has 5 nitrogen and oxygen atoms in total. The number of nitrogens with zero attached hydrogens (tertiary/aromatic N) is 1. The zero-order chi connectivity index (χ0) is 18.5. The van der Waals surface area contributed by atoms with Crippen LogP contribution in [0, 0.1) is 23.7 Å². The van der Waals surface area contributed by atoms with E-state index in [9.17, 15) is 14.4 Å². The number of fused-ring (bicyclic) bond motifs is 5. The largest absolute Gasteiger partial charge is 0.325 e. The highest BCUT2D eigenvalue weighted by molar-refractivity contribution is 8.19. The molecule has 1 N–H and O–H groups in total. The quantitative estimate of drug-likeness (QED) is 0.622. The zero-order valence-corrected chi connectivity index (χ0v) is 16.3. The first-order chi connectivity index (χ1) is 13.1. The Morgan fingerprint density at radius 3 is 2.41 bits per heavy atom. The number of thioether (sulfide) groups is 2. The molecule has 2 aliphatic carbocycles. The molecule has 3 fully saturated rings. The summed E-state index contributed by atoms with van der Waals surface area (Å²) < 4.78 is 0.408. The van der Waals surface area contributed by atoms with Crippen LogP contribution in [0.2, 0.25) is 0 Å². The standard InChI is InChI=1S/C20H20N2O3S2/c23-15(21-14-3-1-2-13(9-14)20-26-6-7-27-20)10-22-18(24)16-11-4-5-12(8-11)17(16)19(22)25/h1-5,9,11-12,16-17,20H,6-8,10H2,(H,21,23). The molecule has 4 unspecified atom stereocenters. The van der Waals surface area contributed by atoms with E-state index in [0.29, 0.717) is 10.3 Å². The summed E-state index contributed by atoms with van der Waals surface area (Å²) in [6, 6.07) is 7.84. The molecule has 2 saturated heterocycles. The Hall–Kier alpha value is -1.73. The molecule has 2 heterocycles. The van der Waals surface area contributed by atoms with Crippen molar-refractivity contribution < 1.29 is 14.4 Å². The van der Waals surface area contributed by atoms with Crippen molar-refractivity contribution in [2.45, 2.75) is 11.0 Å². The highest BCUT2D eigenvalue weighted by Gasteiger charge is 2.59. The summed E-state index contributed by atoms with van der Waals surface area (Å²) in [6.45, 7) is -0.193. The van der Waals surface area contributed by atoms with Crippen molar-refractivity contribution in [2.75, 3.05) is 23.4 Å². The van der Waals surface area contributed by atoms with Crippen molar-refractivity contribution in [3.05, 3.63) is 42.0 Å². The molecule has 7 heteroatoms. The number of likely N-dealkylation sites (tertiary alicyclic amines) is 1. The third-order valence-electron chi connectivity index (χ3n) is 5.93. The number of anilines is 1. The molecule has 2 bridgehead atoms. The monoisotopic (exact) mass is 400 g/mol. The minimum atomic E-state index is -0.319. The molecular weight excluding hydrogens is 380 g/mol. The Morgan fingerprint density at radius 2 is 1.74 bits per heavy atom. The van der Waals surface area contributed by atoms with Gasteiger partial charge in [-0.3, -0.25) is 19.3 Å². The van der Waals surface area contributed by atoms with Gasteiger partial charge < -0.3 is 5.32 Å². The first-order valence-corrected chi connectivity index (χ1v) is 11.4. The zero-order valence-electron chi connectivity index (χ0n) is 14.7. The SMILES string of the molecule is O=C(CN1C(=O)C2C3C=CC(C3)C2C1=O)Nc1cccc(C2SCCS2)c1. The summed E-state index contributed by atoms with van der Waals surface area (Å²) in [5.41, 5.74) is 1.90. The summed E-state index contributed by atoms with van der Waals surface area (Å²) in [6.07, 6.45) is 5.02. The molecule has 27 heavy (non-hydrogen) atoms. The van der Waals surface area contributed by atoms with E-state index in [1.165, 1.54) is 10.5 Å². The predicted octanol–water partition coefficient (Wildman–Crippen LogP) is 2.91. The van der Waals surface area contributed by atoms with Crippen LogP contribution in [0.15, 0.2) is 36.4 Å². The van der Waals surface area contributed by atoms with Crippen LogP contribution in [0.3, 0.4) is 0 Å². The van der Waals surface area contributed by atoms with Crippen LogP contribution in [0.5, 0.6) is 0 Å². The Labute approximate surface area is 166 Å². The van der Waals surface area contributed by atoms with Gasteiger partial charge in [0.05, 0.1) is 16.4 Å². The maximum atomic E-state index is 12.7. The Morgan fingerprint density at radius 1 is 1.07 bits per heavy atom. The van der Waals surface area contributed by atoms with Gasteiger partial charge in [-0.05, 0) is 36.0 Å². The van der Waals surface area contributed by atoms with Crippen molar-refractivity contribution in [1.29, 1.82) is 0 Å². The van der Waals surface area contributed by atoms with Crippen LogP contribution in [-0.2, 0) is 14.4 Å². The van der Waals surface area contributed by atoms with E-state index >= 15 is 0 Å². The van der Waals surface area contributed by atoms with Gasteiger partial charge in [0.1, 0.15) is 6.54 Å². The minimum Gasteiger partial charge on any atom is -0.325 e. The number of carbonyl (C=O) groups excluding carboxylic acids is 3. The molecule has 1 aromatic rings. The van der Waals surface area contributed by atoms with E-state index in [1.54, 1.807) is 0 Å². The number of imide groups is 1. The molecular formula is C20H20N2O3S2. The lowest BCUT2D eigenvalue weighted by Gasteiger charge is -2.17. The number of allylic oxidation sites excluding steroid dienone is 2. The third-order valence-corrected chi connectivity index (χ3v) is 9.03. The Kier molecular flexibility index (Phi) is 4.31. The van der Waals surface area contributed by atoms with Crippen molar-refractivity contribution >= 4 is 46.9 Å². The number of nitrogens with one attached hydrogen (secondary N) is 1. The second-order valence-corrected chi connectivity index (χ2v) is 10.2. The molecule has 2 aliphatic heterocycles. The summed E-state index contributed by atoms with van der Waals surface area (Å²) in [4.78, 5) is 39.1. The second-order valence-electron chi connectivity index (χ2n) is 7.51. The average Bonchev–Trinajstić information content (AvgIpc) is 3.44. The van der Waals surface area contributed by atoms with Crippen LogP contribution in [0.25, 0.3) is 0 Å². The second kappa shape index (κ2) is 6.71. The lowest BCUT2D eigenvalue weighted by atomic mass is 9.85. The van der Waals surface area contributed by atoms with Gasteiger partial charge in [0.25, 0.3) is 0 Å². The minimum absolute atomic E-state index is 0.169. The number of amides is 3. The molecule has 5 rings (SSSR count). The summed E-state index contributed by atoms with van der Waals surface area (Å²) >= 11 is 3.82. The lowest BCUT2D eigenvalue weighted by molar-refractivity contribution is -0.143. The van der Waals surface area contributed by atoms with Crippen LogP contribution >= 0.6 is 23.5 Å². The van der Waals surface area contributed by atoms with Gasteiger partial charge in [0.15, 0.2) is 0 Å². The fourth-order valence-corrected chi connectivity index (χ4v) is 7.62. The topological polar surface area (TPSA) is 66.5 Å². The van der Waals surface area contributed by atoms with E-state index in [-0.39, 0.29) is 47.9 Å².